The van der Waals surface area contributed by atoms with Gasteiger partial charge in [-0.3, -0.25) is 9.59 Å². The standard InChI is InChI=1S/C22H17FN2O4S/c23-16-8-4-14(5-9-16)21(27)25-18-2-1-3-19(12-18)30-13-20(26)24-17-10-6-15(7-11-17)22(28)29/h1-12H,13H2,(H,24,26)(H,25,27)(H,28,29). The van der Waals surface area contributed by atoms with Gasteiger partial charge in [-0.1, -0.05) is 6.07 Å². The number of hydrogen-bond acceptors (Lipinski definition) is 4. The Bertz CT molecular complexity index is 1070. The number of carboxylic acid groups (broad SMARTS) is 1. The summed E-state index contributed by atoms with van der Waals surface area (Å²) < 4.78 is 13.0. The predicted molar refractivity (Wildman–Crippen MR) is 114 cm³/mol. The van der Waals surface area contributed by atoms with Crippen LogP contribution >= 0.6 is 11.8 Å². The Kier molecular flexibility index (Phi) is 6.82. The van der Waals surface area contributed by atoms with Crippen LogP contribution in [0.3, 0.4) is 0 Å². The average Bonchev–Trinajstić information content (AvgIpc) is 2.73. The number of amides is 2. The van der Waals surface area contributed by atoms with Crippen molar-refractivity contribution in [2.45, 2.75) is 4.90 Å². The summed E-state index contributed by atoms with van der Waals surface area (Å²) in [4.78, 5) is 36.0. The minimum atomic E-state index is -1.03. The Balaban J connectivity index is 1.54. The summed E-state index contributed by atoms with van der Waals surface area (Å²) in [6, 6.07) is 18.1. The lowest BCUT2D eigenvalue weighted by atomic mass is 10.2. The Morgan fingerprint density at radius 1 is 0.833 bits per heavy atom. The topological polar surface area (TPSA) is 95.5 Å². The molecule has 3 aromatic rings. The summed E-state index contributed by atoms with van der Waals surface area (Å²) in [6.45, 7) is 0. The van der Waals surface area contributed by atoms with Gasteiger partial charge in [0.05, 0.1) is 11.3 Å². The van der Waals surface area contributed by atoms with Crippen LogP contribution in [0.1, 0.15) is 20.7 Å². The van der Waals surface area contributed by atoms with Gasteiger partial charge in [0.2, 0.25) is 5.91 Å². The van der Waals surface area contributed by atoms with Crippen molar-refractivity contribution in [3.8, 4) is 0 Å². The van der Waals surface area contributed by atoms with Crippen molar-refractivity contribution < 1.29 is 23.9 Å². The van der Waals surface area contributed by atoms with Gasteiger partial charge in [-0.25, -0.2) is 9.18 Å². The van der Waals surface area contributed by atoms with E-state index in [2.05, 4.69) is 10.6 Å². The number of rotatable bonds is 7. The van der Waals surface area contributed by atoms with E-state index in [0.717, 1.165) is 4.90 Å². The number of carbonyl (C=O) groups excluding carboxylic acids is 2. The van der Waals surface area contributed by atoms with E-state index in [1.807, 2.05) is 6.07 Å². The highest BCUT2D eigenvalue weighted by Crippen LogP contribution is 2.22. The van der Waals surface area contributed by atoms with Crippen molar-refractivity contribution in [2.24, 2.45) is 0 Å². The molecule has 0 heterocycles. The first kappa shape index (κ1) is 21.1. The fourth-order valence-corrected chi connectivity index (χ4v) is 3.27. The van der Waals surface area contributed by atoms with E-state index in [1.165, 1.54) is 60.3 Å². The third kappa shape index (κ3) is 5.92. The second kappa shape index (κ2) is 9.71. The van der Waals surface area contributed by atoms with E-state index in [4.69, 9.17) is 5.11 Å². The number of halogens is 1. The molecule has 0 aliphatic rings. The molecule has 152 valence electrons. The van der Waals surface area contributed by atoms with Crippen LogP contribution in [0.4, 0.5) is 15.8 Å². The summed E-state index contributed by atoms with van der Waals surface area (Å²) >= 11 is 1.29. The molecule has 0 atom stereocenters. The minimum absolute atomic E-state index is 0.135. The van der Waals surface area contributed by atoms with Crippen LogP contribution in [-0.4, -0.2) is 28.6 Å². The van der Waals surface area contributed by atoms with Crippen molar-refractivity contribution >= 4 is 40.9 Å². The second-order valence-corrected chi connectivity index (χ2v) is 7.26. The molecule has 3 aromatic carbocycles. The lowest BCUT2D eigenvalue weighted by Gasteiger charge is -2.08. The molecule has 0 saturated heterocycles. The van der Waals surface area contributed by atoms with E-state index in [-0.39, 0.29) is 23.1 Å². The Morgan fingerprint density at radius 3 is 2.17 bits per heavy atom. The van der Waals surface area contributed by atoms with Gasteiger partial charge in [-0.2, -0.15) is 0 Å². The zero-order valence-corrected chi connectivity index (χ0v) is 16.4. The molecule has 0 radical (unpaired) electrons. The first-order valence-corrected chi connectivity index (χ1v) is 9.82. The molecule has 3 N–H and O–H groups in total. The van der Waals surface area contributed by atoms with E-state index in [0.29, 0.717) is 16.9 Å². The van der Waals surface area contributed by atoms with Crippen LogP contribution in [0.2, 0.25) is 0 Å². The number of carboxylic acids is 1. The first-order valence-electron chi connectivity index (χ1n) is 8.84. The first-order chi connectivity index (χ1) is 14.4. The molecule has 6 nitrogen and oxygen atoms in total. The van der Waals surface area contributed by atoms with Crippen LogP contribution in [-0.2, 0) is 4.79 Å². The number of aromatic carboxylic acids is 1. The monoisotopic (exact) mass is 424 g/mol. The van der Waals surface area contributed by atoms with Gasteiger partial charge < -0.3 is 15.7 Å². The zero-order valence-electron chi connectivity index (χ0n) is 15.6. The quantitative estimate of drug-likeness (QED) is 0.485. The zero-order chi connectivity index (χ0) is 21.5. The number of thioether (sulfide) groups is 1. The smallest absolute Gasteiger partial charge is 0.335 e. The van der Waals surface area contributed by atoms with Crippen molar-refractivity contribution in [1.82, 2.24) is 0 Å². The summed E-state index contributed by atoms with van der Waals surface area (Å²) in [7, 11) is 0. The molecule has 0 aliphatic carbocycles. The number of benzene rings is 3. The molecular weight excluding hydrogens is 407 g/mol. The molecule has 0 unspecified atom stereocenters. The molecule has 0 aliphatic heterocycles. The number of hydrogen-bond donors (Lipinski definition) is 3. The van der Waals surface area contributed by atoms with Gasteiger partial charge in [0.1, 0.15) is 5.82 Å². The maximum Gasteiger partial charge on any atom is 0.335 e. The predicted octanol–water partition coefficient (Wildman–Crippen LogP) is 4.51. The van der Waals surface area contributed by atoms with E-state index < -0.39 is 11.8 Å². The number of nitrogens with one attached hydrogen (secondary N) is 2. The second-order valence-electron chi connectivity index (χ2n) is 6.21. The van der Waals surface area contributed by atoms with Gasteiger partial charge in [-0.05, 0) is 66.7 Å². The summed E-state index contributed by atoms with van der Waals surface area (Å²) in [5.74, 6) is -1.92. The minimum Gasteiger partial charge on any atom is -0.478 e. The van der Waals surface area contributed by atoms with Gasteiger partial charge in [0.25, 0.3) is 5.91 Å². The van der Waals surface area contributed by atoms with Crippen LogP contribution in [0.25, 0.3) is 0 Å². The molecule has 0 fully saturated rings. The fraction of sp³-hybridized carbons (Fsp3) is 0.0455. The van der Waals surface area contributed by atoms with E-state index >= 15 is 0 Å². The Hall–Kier alpha value is -3.65. The molecule has 0 spiro atoms. The third-order valence-electron chi connectivity index (χ3n) is 3.98. The van der Waals surface area contributed by atoms with Gasteiger partial charge >= 0.3 is 5.97 Å². The maximum atomic E-state index is 13.0. The van der Waals surface area contributed by atoms with Gasteiger partial charge in [-0.15, -0.1) is 11.8 Å². The molecule has 0 bridgehead atoms. The Labute approximate surface area is 176 Å². The summed E-state index contributed by atoms with van der Waals surface area (Å²) in [5.41, 5.74) is 1.54. The normalized spacial score (nSPS) is 10.3. The molecule has 0 aromatic heterocycles. The average molecular weight is 424 g/mol. The fourth-order valence-electron chi connectivity index (χ4n) is 2.51. The molecular formula is C22H17FN2O4S. The van der Waals surface area contributed by atoms with Crippen molar-refractivity contribution in [3.63, 3.8) is 0 Å². The highest BCUT2D eigenvalue weighted by atomic mass is 32.2. The van der Waals surface area contributed by atoms with Crippen molar-refractivity contribution in [3.05, 3.63) is 89.7 Å². The summed E-state index contributed by atoms with van der Waals surface area (Å²) in [6.07, 6.45) is 0. The maximum absolute atomic E-state index is 13.0. The molecule has 0 saturated carbocycles. The van der Waals surface area contributed by atoms with Gasteiger partial charge in [0, 0.05) is 21.8 Å². The van der Waals surface area contributed by atoms with Gasteiger partial charge in [0.15, 0.2) is 0 Å². The highest BCUT2D eigenvalue weighted by molar-refractivity contribution is 8.00. The van der Waals surface area contributed by atoms with Crippen LogP contribution in [0.15, 0.2) is 77.7 Å². The molecule has 2 amide bonds. The number of carbonyl (C=O) groups is 3. The number of anilines is 2. The summed E-state index contributed by atoms with van der Waals surface area (Å²) in [5, 5.41) is 14.3. The molecule has 30 heavy (non-hydrogen) atoms. The van der Waals surface area contributed by atoms with Crippen LogP contribution in [0, 0.1) is 5.82 Å². The van der Waals surface area contributed by atoms with Crippen LogP contribution in [0.5, 0.6) is 0 Å². The van der Waals surface area contributed by atoms with E-state index in [9.17, 15) is 18.8 Å². The van der Waals surface area contributed by atoms with Crippen molar-refractivity contribution in [2.75, 3.05) is 16.4 Å². The largest absolute Gasteiger partial charge is 0.478 e. The van der Waals surface area contributed by atoms with E-state index in [1.54, 1.807) is 18.2 Å². The SMILES string of the molecule is O=C(CSc1cccc(NC(=O)c2ccc(F)cc2)c1)Nc1ccc(C(=O)O)cc1. The van der Waals surface area contributed by atoms with Crippen molar-refractivity contribution in [1.29, 1.82) is 0 Å². The lowest BCUT2D eigenvalue weighted by Crippen LogP contribution is -2.14. The Morgan fingerprint density at radius 2 is 1.50 bits per heavy atom. The molecule has 3 rings (SSSR count). The third-order valence-corrected chi connectivity index (χ3v) is 4.98. The molecule has 8 heteroatoms. The highest BCUT2D eigenvalue weighted by Gasteiger charge is 2.09. The van der Waals surface area contributed by atoms with Crippen LogP contribution < -0.4 is 10.6 Å². The lowest BCUT2D eigenvalue weighted by molar-refractivity contribution is -0.113.